The lowest BCUT2D eigenvalue weighted by Crippen LogP contribution is -2.19. The number of anilines is 2. The molecular weight excluding hydrogens is 542 g/mol. The molecule has 0 spiro atoms. The highest BCUT2D eigenvalue weighted by molar-refractivity contribution is 6.30. The summed E-state index contributed by atoms with van der Waals surface area (Å²) in [5.41, 5.74) is 1.86. The maximum absolute atomic E-state index is 12.9. The predicted octanol–water partition coefficient (Wildman–Crippen LogP) is 3.86. The second-order valence-corrected chi connectivity index (χ2v) is 8.34. The lowest BCUT2D eigenvalue weighted by molar-refractivity contribution is -0.134. The summed E-state index contributed by atoms with van der Waals surface area (Å²) >= 11 is 5.84. The first-order valence-corrected chi connectivity index (χ1v) is 11.7. The van der Waals surface area contributed by atoms with E-state index >= 15 is 0 Å². The number of amides is 2. The molecule has 208 valence electrons. The van der Waals surface area contributed by atoms with Gasteiger partial charge in [0.2, 0.25) is 0 Å². The molecule has 1 aromatic heterocycles. The van der Waals surface area contributed by atoms with E-state index in [0.717, 1.165) is 5.56 Å². The molecular formula is C27H26ClN5O7. The number of benzene rings is 2. The van der Waals surface area contributed by atoms with E-state index in [4.69, 9.17) is 26.6 Å². The number of halogens is 1. The van der Waals surface area contributed by atoms with Crippen LogP contribution in [-0.2, 0) is 9.59 Å². The Morgan fingerprint density at radius 3 is 2.10 bits per heavy atom. The summed E-state index contributed by atoms with van der Waals surface area (Å²) < 4.78 is 5.23. The number of carbonyl (C=O) groups excluding carboxylic acids is 2. The maximum atomic E-state index is 12.9. The number of pyridine rings is 1. The first-order chi connectivity index (χ1) is 19.0. The third-order valence-corrected chi connectivity index (χ3v) is 4.89. The highest BCUT2D eigenvalue weighted by atomic mass is 35.5. The van der Waals surface area contributed by atoms with E-state index in [9.17, 15) is 19.2 Å². The van der Waals surface area contributed by atoms with E-state index in [-0.39, 0.29) is 11.5 Å². The molecule has 0 aliphatic carbocycles. The average Bonchev–Trinajstić information content (AvgIpc) is 2.92. The van der Waals surface area contributed by atoms with Gasteiger partial charge in [0.25, 0.3) is 11.8 Å². The standard InChI is InChI=1S/C23H22ClN5O3.C4H4O4/c1-29(2)26-13-15-4-6-16(7-5-15)22(30)27-20-10-9-18(32-3)12-19(20)23(31)28-21-11-8-17(24)14-25-21;5-3(6)1-2-4(7)8/h4-14H,1-3H3,(H,27,30)(H,25,28,31);1-2H,(H,5,6)(H,7,8)/b;2-1-. The van der Waals surface area contributed by atoms with Gasteiger partial charge in [-0.25, -0.2) is 14.6 Å². The number of aromatic nitrogens is 1. The molecule has 13 heteroatoms. The van der Waals surface area contributed by atoms with E-state index in [0.29, 0.717) is 40.0 Å². The Kier molecular flexibility index (Phi) is 11.8. The van der Waals surface area contributed by atoms with Gasteiger partial charge in [0, 0.05) is 38.0 Å². The Bertz CT molecular complexity index is 1390. The van der Waals surface area contributed by atoms with Crippen molar-refractivity contribution in [1.29, 1.82) is 0 Å². The van der Waals surface area contributed by atoms with Crippen molar-refractivity contribution in [3.05, 3.63) is 94.7 Å². The number of carboxylic acids is 2. The van der Waals surface area contributed by atoms with Crippen LogP contribution >= 0.6 is 11.6 Å². The van der Waals surface area contributed by atoms with Gasteiger partial charge in [-0.2, -0.15) is 5.10 Å². The third-order valence-electron chi connectivity index (χ3n) is 4.67. The number of aliphatic carboxylic acids is 2. The first kappa shape index (κ1) is 31.0. The smallest absolute Gasteiger partial charge is 0.328 e. The van der Waals surface area contributed by atoms with E-state index in [1.807, 2.05) is 14.1 Å². The van der Waals surface area contributed by atoms with Crippen LogP contribution in [0, 0.1) is 0 Å². The summed E-state index contributed by atoms with van der Waals surface area (Å²) in [4.78, 5) is 48.8. The molecule has 4 N–H and O–H groups in total. The number of hydrogen-bond donors (Lipinski definition) is 4. The van der Waals surface area contributed by atoms with Gasteiger partial charge in [-0.3, -0.25) is 9.59 Å². The Hall–Kier alpha value is -5.23. The lowest BCUT2D eigenvalue weighted by Gasteiger charge is -2.13. The molecule has 0 atom stereocenters. The maximum Gasteiger partial charge on any atom is 0.328 e. The molecule has 40 heavy (non-hydrogen) atoms. The fourth-order valence-electron chi connectivity index (χ4n) is 2.82. The first-order valence-electron chi connectivity index (χ1n) is 11.4. The largest absolute Gasteiger partial charge is 0.497 e. The topological polar surface area (TPSA) is 171 Å². The highest BCUT2D eigenvalue weighted by Crippen LogP contribution is 2.24. The van der Waals surface area contributed by atoms with Crippen molar-refractivity contribution < 1.29 is 34.1 Å². The summed E-state index contributed by atoms with van der Waals surface area (Å²) in [5.74, 6) is -2.52. The van der Waals surface area contributed by atoms with Gasteiger partial charge in [-0.05, 0) is 48.0 Å². The Morgan fingerprint density at radius 1 is 0.925 bits per heavy atom. The van der Waals surface area contributed by atoms with Crippen molar-refractivity contribution in [2.45, 2.75) is 0 Å². The fourth-order valence-corrected chi connectivity index (χ4v) is 2.93. The van der Waals surface area contributed by atoms with E-state index in [1.165, 1.54) is 13.3 Å². The molecule has 0 fully saturated rings. The van der Waals surface area contributed by atoms with Gasteiger partial charge in [0.05, 0.1) is 29.6 Å². The van der Waals surface area contributed by atoms with Crippen LogP contribution in [0.3, 0.4) is 0 Å². The number of carbonyl (C=O) groups is 4. The fraction of sp³-hybridized carbons (Fsp3) is 0.111. The second kappa shape index (κ2) is 15.2. The monoisotopic (exact) mass is 567 g/mol. The van der Waals surface area contributed by atoms with Crippen LogP contribution in [0.4, 0.5) is 11.5 Å². The van der Waals surface area contributed by atoms with Crippen LogP contribution in [-0.4, -0.2) is 71.4 Å². The molecule has 0 radical (unpaired) electrons. The summed E-state index contributed by atoms with van der Waals surface area (Å²) in [6.45, 7) is 0. The zero-order chi connectivity index (χ0) is 29.7. The van der Waals surface area contributed by atoms with Crippen molar-refractivity contribution in [1.82, 2.24) is 9.99 Å². The molecule has 2 amide bonds. The molecule has 12 nitrogen and oxygen atoms in total. The van der Waals surface area contributed by atoms with E-state index in [2.05, 4.69) is 20.7 Å². The Balaban J connectivity index is 0.000000611. The van der Waals surface area contributed by atoms with Crippen LogP contribution in [0.25, 0.3) is 0 Å². The van der Waals surface area contributed by atoms with Crippen molar-refractivity contribution in [2.75, 3.05) is 31.8 Å². The molecule has 0 unspecified atom stereocenters. The summed E-state index contributed by atoms with van der Waals surface area (Å²) in [6.07, 6.45) is 4.24. The lowest BCUT2D eigenvalue weighted by atomic mass is 10.1. The molecule has 0 bridgehead atoms. The Labute approximate surface area is 234 Å². The van der Waals surface area contributed by atoms with Gasteiger partial charge < -0.3 is 30.6 Å². The number of nitrogens with one attached hydrogen (secondary N) is 2. The summed E-state index contributed by atoms with van der Waals surface area (Å²) in [6, 6.07) is 15.0. The molecule has 0 saturated heterocycles. The molecule has 0 aliphatic rings. The third kappa shape index (κ3) is 10.6. The molecule has 3 rings (SSSR count). The summed E-state index contributed by atoms with van der Waals surface area (Å²) in [7, 11) is 5.14. The predicted molar refractivity (Wildman–Crippen MR) is 150 cm³/mol. The number of hydrogen-bond acceptors (Lipinski definition) is 8. The zero-order valence-electron chi connectivity index (χ0n) is 21.7. The normalized spacial score (nSPS) is 10.4. The zero-order valence-corrected chi connectivity index (χ0v) is 22.4. The number of nitrogens with zero attached hydrogens (tertiary/aromatic N) is 3. The number of hydrazone groups is 1. The minimum atomic E-state index is -1.26. The SMILES string of the molecule is COc1ccc(NC(=O)c2ccc(C=NN(C)C)cc2)c(C(=O)Nc2ccc(Cl)cn2)c1.O=C(O)/C=C\C(=O)O. The molecule has 2 aromatic carbocycles. The van der Waals surface area contributed by atoms with Gasteiger partial charge in [-0.15, -0.1) is 0 Å². The van der Waals surface area contributed by atoms with Gasteiger partial charge in [0.15, 0.2) is 0 Å². The van der Waals surface area contributed by atoms with Crippen LogP contribution in [0.1, 0.15) is 26.3 Å². The highest BCUT2D eigenvalue weighted by Gasteiger charge is 2.16. The van der Waals surface area contributed by atoms with E-state index < -0.39 is 17.8 Å². The van der Waals surface area contributed by atoms with Gasteiger partial charge >= 0.3 is 11.9 Å². The minimum Gasteiger partial charge on any atom is -0.497 e. The Morgan fingerprint density at radius 2 is 1.57 bits per heavy atom. The quantitative estimate of drug-likeness (QED) is 0.170. The summed E-state index contributed by atoms with van der Waals surface area (Å²) in [5, 5.41) is 27.4. The van der Waals surface area contributed by atoms with Crippen molar-refractivity contribution in [3.63, 3.8) is 0 Å². The molecule has 1 heterocycles. The van der Waals surface area contributed by atoms with Crippen molar-refractivity contribution >= 4 is 53.1 Å². The van der Waals surface area contributed by atoms with Crippen molar-refractivity contribution in [2.24, 2.45) is 5.10 Å². The van der Waals surface area contributed by atoms with Gasteiger partial charge in [-0.1, -0.05) is 23.7 Å². The number of methoxy groups -OCH3 is 1. The molecule has 3 aromatic rings. The molecule has 0 aliphatic heterocycles. The van der Waals surface area contributed by atoms with Crippen molar-refractivity contribution in [3.8, 4) is 5.75 Å². The van der Waals surface area contributed by atoms with Crippen LogP contribution in [0.5, 0.6) is 5.75 Å². The number of rotatable bonds is 9. The average molecular weight is 568 g/mol. The van der Waals surface area contributed by atoms with E-state index in [1.54, 1.807) is 65.8 Å². The van der Waals surface area contributed by atoms with Crippen LogP contribution < -0.4 is 15.4 Å². The molecule has 0 saturated carbocycles. The van der Waals surface area contributed by atoms with Crippen LogP contribution in [0.15, 0.2) is 78.0 Å². The van der Waals surface area contributed by atoms with Crippen LogP contribution in [0.2, 0.25) is 5.02 Å². The van der Waals surface area contributed by atoms with Gasteiger partial charge in [0.1, 0.15) is 11.6 Å². The number of ether oxygens (including phenoxy) is 1. The second-order valence-electron chi connectivity index (χ2n) is 7.91. The minimum absolute atomic E-state index is 0.226. The number of carboxylic acid groups (broad SMARTS) is 2.